The summed E-state index contributed by atoms with van der Waals surface area (Å²) in [5.41, 5.74) is 5.51. The zero-order valence-electron chi connectivity index (χ0n) is 14.9. The Morgan fingerprint density at radius 2 is 1.89 bits per heavy atom. The van der Waals surface area contributed by atoms with Gasteiger partial charge in [-0.3, -0.25) is 4.98 Å². The molecule has 5 rings (SSSR count). The third kappa shape index (κ3) is 2.73. The van der Waals surface area contributed by atoms with Crippen LogP contribution in [-0.4, -0.2) is 26.6 Å². The first-order valence-corrected chi connectivity index (χ1v) is 8.81. The van der Waals surface area contributed by atoms with E-state index < -0.39 is 0 Å². The van der Waals surface area contributed by atoms with E-state index in [9.17, 15) is 0 Å². The zero-order chi connectivity index (χ0) is 18.2. The topological polar surface area (TPSA) is 55.7 Å². The van der Waals surface area contributed by atoms with E-state index in [1.165, 1.54) is 10.9 Å². The van der Waals surface area contributed by atoms with Crippen molar-refractivity contribution in [2.24, 2.45) is 0 Å². The molecule has 0 spiro atoms. The summed E-state index contributed by atoms with van der Waals surface area (Å²) >= 11 is 0. The Kier molecular flexibility index (Phi) is 3.64. The Morgan fingerprint density at radius 3 is 2.67 bits per heavy atom. The lowest BCUT2D eigenvalue weighted by atomic mass is 10.0. The van der Waals surface area contributed by atoms with E-state index in [2.05, 4.69) is 55.9 Å². The van der Waals surface area contributed by atoms with Crippen LogP contribution in [0.25, 0.3) is 33.1 Å². The lowest BCUT2D eigenvalue weighted by molar-refractivity contribution is 0.415. The van der Waals surface area contributed by atoms with Crippen molar-refractivity contribution >= 4 is 21.8 Å². The fourth-order valence-electron chi connectivity index (χ4n) is 3.54. The number of H-pyrrole nitrogens is 1. The molecule has 0 unspecified atom stereocenters. The molecule has 0 aliphatic rings. The van der Waals surface area contributed by atoms with Gasteiger partial charge in [0.1, 0.15) is 5.75 Å². The first-order chi connectivity index (χ1) is 13.3. The molecule has 0 amide bonds. The van der Waals surface area contributed by atoms with Gasteiger partial charge in [0.05, 0.1) is 24.5 Å². The number of benzene rings is 2. The van der Waals surface area contributed by atoms with Crippen LogP contribution in [0.3, 0.4) is 0 Å². The minimum atomic E-state index is 0.758. The Bertz CT molecular complexity index is 1220. The second-order valence-corrected chi connectivity index (χ2v) is 6.54. The lowest BCUT2D eigenvalue weighted by Gasteiger charge is -2.13. The van der Waals surface area contributed by atoms with Gasteiger partial charge >= 0.3 is 0 Å². The van der Waals surface area contributed by atoms with Crippen LogP contribution in [0, 0.1) is 0 Å². The number of pyridine rings is 1. The van der Waals surface area contributed by atoms with Crippen molar-refractivity contribution in [3.63, 3.8) is 0 Å². The van der Waals surface area contributed by atoms with Gasteiger partial charge in [0.25, 0.3) is 0 Å². The Morgan fingerprint density at radius 1 is 1.00 bits per heavy atom. The molecule has 0 aliphatic carbocycles. The molecule has 0 saturated carbocycles. The van der Waals surface area contributed by atoms with Crippen LogP contribution < -0.4 is 4.74 Å². The van der Waals surface area contributed by atoms with Gasteiger partial charge in [0.15, 0.2) is 0 Å². The molecule has 0 aliphatic heterocycles. The number of ether oxygens (including phenoxy) is 1. The van der Waals surface area contributed by atoms with Crippen molar-refractivity contribution in [1.29, 1.82) is 0 Å². The van der Waals surface area contributed by atoms with Gasteiger partial charge in [-0.1, -0.05) is 6.07 Å². The molecular formula is C22H18N4O. The molecule has 0 saturated heterocycles. The molecule has 132 valence electrons. The summed E-state index contributed by atoms with van der Waals surface area (Å²) < 4.78 is 7.37. The third-order valence-electron chi connectivity index (χ3n) is 4.91. The molecule has 5 heteroatoms. The van der Waals surface area contributed by atoms with Gasteiger partial charge in [-0.25, -0.2) is 4.98 Å². The van der Waals surface area contributed by atoms with Gasteiger partial charge in [-0.15, -0.1) is 0 Å². The van der Waals surface area contributed by atoms with Crippen LogP contribution in [0.1, 0.15) is 5.56 Å². The number of aromatic amines is 1. The molecule has 5 nitrogen and oxygen atoms in total. The number of nitrogens with zero attached hydrogens (tertiary/aromatic N) is 3. The molecule has 0 atom stereocenters. The van der Waals surface area contributed by atoms with Gasteiger partial charge < -0.3 is 14.3 Å². The van der Waals surface area contributed by atoms with Gasteiger partial charge in [0, 0.05) is 41.6 Å². The first kappa shape index (κ1) is 15.6. The average molecular weight is 354 g/mol. The van der Waals surface area contributed by atoms with Crippen LogP contribution in [-0.2, 0) is 6.54 Å². The van der Waals surface area contributed by atoms with Crippen LogP contribution in [0.2, 0.25) is 0 Å². The molecule has 2 aromatic carbocycles. The van der Waals surface area contributed by atoms with Gasteiger partial charge in [-0.2, -0.15) is 0 Å². The molecule has 1 N–H and O–H groups in total. The van der Waals surface area contributed by atoms with Crippen LogP contribution in [0.15, 0.2) is 73.4 Å². The van der Waals surface area contributed by atoms with E-state index in [0.29, 0.717) is 0 Å². The maximum Gasteiger partial charge on any atom is 0.118 e. The Hall–Kier alpha value is -3.60. The Labute approximate surface area is 156 Å². The number of methoxy groups -OCH3 is 1. The monoisotopic (exact) mass is 354 g/mol. The predicted octanol–water partition coefficient (Wildman–Crippen LogP) is 4.64. The maximum atomic E-state index is 5.29. The maximum absolute atomic E-state index is 5.29. The molecule has 27 heavy (non-hydrogen) atoms. The van der Waals surface area contributed by atoms with Crippen molar-refractivity contribution in [2.45, 2.75) is 6.54 Å². The van der Waals surface area contributed by atoms with Gasteiger partial charge in [-0.05, 0) is 53.6 Å². The van der Waals surface area contributed by atoms with Gasteiger partial charge in [0.2, 0.25) is 0 Å². The van der Waals surface area contributed by atoms with E-state index in [1.807, 2.05) is 30.9 Å². The van der Waals surface area contributed by atoms with Crippen LogP contribution >= 0.6 is 0 Å². The number of fused-ring (bicyclic) bond motifs is 3. The number of hydrogen-bond acceptors (Lipinski definition) is 3. The highest BCUT2D eigenvalue weighted by Gasteiger charge is 2.11. The van der Waals surface area contributed by atoms with Crippen molar-refractivity contribution in [3.8, 4) is 17.0 Å². The largest absolute Gasteiger partial charge is 0.497 e. The minimum absolute atomic E-state index is 0.758. The number of rotatable bonds is 4. The number of aromatic nitrogens is 4. The normalized spacial score (nSPS) is 11.3. The van der Waals surface area contributed by atoms with Crippen LogP contribution in [0.5, 0.6) is 5.75 Å². The number of nitrogens with one attached hydrogen (secondary N) is 1. The summed E-state index contributed by atoms with van der Waals surface area (Å²) in [6, 6.07) is 16.6. The van der Waals surface area contributed by atoms with E-state index in [4.69, 9.17) is 4.74 Å². The predicted molar refractivity (Wildman–Crippen MR) is 107 cm³/mol. The fraction of sp³-hybridized carbons (Fsp3) is 0.0909. The highest BCUT2D eigenvalue weighted by atomic mass is 16.5. The molecule has 3 heterocycles. The first-order valence-electron chi connectivity index (χ1n) is 8.81. The van der Waals surface area contributed by atoms with Crippen molar-refractivity contribution in [1.82, 2.24) is 19.5 Å². The van der Waals surface area contributed by atoms with E-state index in [0.717, 1.165) is 40.0 Å². The SMILES string of the molecule is COc1ccc(-c2cc(Cn3ccnc3)c3ccc4nccc4c3[nH]2)cc1. The second kappa shape index (κ2) is 6.29. The fourth-order valence-corrected chi connectivity index (χ4v) is 3.54. The van der Waals surface area contributed by atoms with E-state index in [1.54, 1.807) is 13.3 Å². The van der Waals surface area contributed by atoms with Crippen molar-refractivity contribution < 1.29 is 4.74 Å². The summed E-state index contributed by atoms with van der Waals surface area (Å²) in [5.74, 6) is 0.848. The number of imidazole rings is 1. The summed E-state index contributed by atoms with van der Waals surface area (Å²) in [4.78, 5) is 12.2. The number of hydrogen-bond donors (Lipinski definition) is 1. The summed E-state index contributed by atoms with van der Waals surface area (Å²) in [6.07, 6.45) is 7.49. The van der Waals surface area contributed by atoms with Crippen molar-refractivity contribution in [2.75, 3.05) is 7.11 Å². The molecule has 3 aromatic heterocycles. The summed E-state index contributed by atoms with van der Waals surface area (Å²) in [6.45, 7) is 0.758. The van der Waals surface area contributed by atoms with E-state index in [-0.39, 0.29) is 0 Å². The van der Waals surface area contributed by atoms with Crippen molar-refractivity contribution in [3.05, 3.63) is 79.0 Å². The smallest absolute Gasteiger partial charge is 0.118 e. The zero-order valence-corrected chi connectivity index (χ0v) is 14.9. The quantitative estimate of drug-likeness (QED) is 0.512. The summed E-state index contributed by atoms with van der Waals surface area (Å²) in [7, 11) is 1.68. The molecule has 0 bridgehead atoms. The van der Waals surface area contributed by atoms with Crippen LogP contribution in [0.4, 0.5) is 0 Å². The third-order valence-corrected chi connectivity index (χ3v) is 4.91. The molecule has 0 radical (unpaired) electrons. The van der Waals surface area contributed by atoms with E-state index >= 15 is 0 Å². The molecular weight excluding hydrogens is 336 g/mol. The second-order valence-electron chi connectivity index (χ2n) is 6.54. The lowest BCUT2D eigenvalue weighted by Crippen LogP contribution is -2.00. The Balaban J connectivity index is 1.74. The standard InChI is InChI=1S/C22H18N4O/c1-27-17-4-2-15(3-5-17)21-12-16(13-26-11-10-23-14-26)18-6-7-20-19(8-9-24-20)22(18)25-21/h2-12,14,25H,13H2,1H3. The minimum Gasteiger partial charge on any atom is -0.497 e. The highest BCUT2D eigenvalue weighted by Crippen LogP contribution is 2.31. The average Bonchev–Trinajstić information content (AvgIpc) is 3.39. The molecule has 5 aromatic rings. The highest BCUT2D eigenvalue weighted by molar-refractivity contribution is 6.05. The molecule has 0 fully saturated rings. The summed E-state index contributed by atoms with van der Waals surface area (Å²) in [5, 5.41) is 2.33.